The molecule has 0 saturated heterocycles. The Labute approximate surface area is 149 Å². The molecule has 0 aromatic heterocycles. The molecule has 1 N–H and O–H groups in total. The Balaban J connectivity index is 2.00. The number of nitrogens with zero attached hydrogens (tertiary/aromatic N) is 1. The van der Waals surface area contributed by atoms with Crippen LogP contribution in [0.3, 0.4) is 0 Å². The lowest BCUT2D eigenvalue weighted by atomic mass is 10.1. The highest BCUT2D eigenvalue weighted by Crippen LogP contribution is 2.29. The van der Waals surface area contributed by atoms with Crippen molar-refractivity contribution in [3.8, 4) is 0 Å². The SMILES string of the molecule is CC/C(=N\OCc1ccc(C(F)(F)F)cc1)c1ccc(NC(C)=O)cc1. The number of hydrogen-bond acceptors (Lipinski definition) is 3. The van der Waals surface area contributed by atoms with E-state index < -0.39 is 11.7 Å². The zero-order chi connectivity index (χ0) is 19.2. The lowest BCUT2D eigenvalue weighted by Gasteiger charge is -2.08. The van der Waals surface area contributed by atoms with Gasteiger partial charge in [0.25, 0.3) is 0 Å². The van der Waals surface area contributed by atoms with Gasteiger partial charge in [0, 0.05) is 12.6 Å². The molecule has 0 bridgehead atoms. The maximum Gasteiger partial charge on any atom is 0.416 e. The van der Waals surface area contributed by atoms with Crippen molar-refractivity contribution >= 4 is 17.3 Å². The van der Waals surface area contributed by atoms with Gasteiger partial charge >= 0.3 is 6.18 Å². The molecule has 0 heterocycles. The monoisotopic (exact) mass is 364 g/mol. The van der Waals surface area contributed by atoms with E-state index in [1.807, 2.05) is 19.1 Å². The van der Waals surface area contributed by atoms with Crippen LogP contribution in [0.25, 0.3) is 0 Å². The van der Waals surface area contributed by atoms with E-state index in [1.165, 1.54) is 19.1 Å². The molecule has 0 radical (unpaired) electrons. The van der Waals surface area contributed by atoms with E-state index in [0.717, 1.165) is 17.7 Å². The molecule has 0 spiro atoms. The van der Waals surface area contributed by atoms with Gasteiger partial charge in [0.2, 0.25) is 5.91 Å². The van der Waals surface area contributed by atoms with Crippen molar-refractivity contribution < 1.29 is 22.8 Å². The third kappa shape index (κ3) is 5.61. The maximum atomic E-state index is 12.5. The third-order valence-electron chi connectivity index (χ3n) is 3.56. The first-order valence-electron chi connectivity index (χ1n) is 8.02. The summed E-state index contributed by atoms with van der Waals surface area (Å²) in [5, 5.41) is 6.76. The van der Waals surface area contributed by atoms with E-state index in [2.05, 4.69) is 10.5 Å². The van der Waals surface area contributed by atoms with Crippen LogP contribution >= 0.6 is 0 Å². The second-order valence-electron chi connectivity index (χ2n) is 5.62. The van der Waals surface area contributed by atoms with E-state index in [-0.39, 0.29) is 12.5 Å². The highest BCUT2D eigenvalue weighted by molar-refractivity contribution is 6.00. The van der Waals surface area contributed by atoms with Crippen molar-refractivity contribution in [1.29, 1.82) is 0 Å². The fraction of sp³-hybridized carbons (Fsp3) is 0.263. The lowest BCUT2D eigenvalue weighted by molar-refractivity contribution is -0.137. The van der Waals surface area contributed by atoms with Gasteiger partial charge in [-0.2, -0.15) is 13.2 Å². The van der Waals surface area contributed by atoms with Gasteiger partial charge in [0.05, 0.1) is 11.3 Å². The maximum absolute atomic E-state index is 12.5. The number of rotatable bonds is 6. The minimum atomic E-state index is -4.35. The minimum absolute atomic E-state index is 0.0750. The van der Waals surface area contributed by atoms with Crippen LogP contribution < -0.4 is 5.32 Å². The van der Waals surface area contributed by atoms with E-state index in [1.54, 1.807) is 12.1 Å². The quantitative estimate of drug-likeness (QED) is 0.580. The number of carbonyl (C=O) groups is 1. The first-order valence-corrected chi connectivity index (χ1v) is 8.02. The summed E-state index contributed by atoms with van der Waals surface area (Å²) in [5.74, 6) is -0.151. The Kier molecular flexibility index (Phi) is 6.38. The number of amides is 1. The summed E-state index contributed by atoms with van der Waals surface area (Å²) in [6, 6.07) is 11.9. The molecule has 0 aliphatic rings. The Morgan fingerprint density at radius 2 is 1.69 bits per heavy atom. The normalized spacial score (nSPS) is 12.0. The predicted octanol–water partition coefficient (Wildman–Crippen LogP) is 4.99. The second kappa shape index (κ2) is 8.51. The number of carbonyl (C=O) groups excluding carboxylic acids is 1. The van der Waals surface area contributed by atoms with Crippen molar-refractivity contribution in [2.75, 3.05) is 5.32 Å². The Bertz CT molecular complexity index is 767. The minimum Gasteiger partial charge on any atom is -0.391 e. The highest BCUT2D eigenvalue weighted by Gasteiger charge is 2.29. The van der Waals surface area contributed by atoms with E-state index in [0.29, 0.717) is 23.4 Å². The van der Waals surface area contributed by atoms with Crippen LogP contribution in [0.2, 0.25) is 0 Å². The van der Waals surface area contributed by atoms with Crippen molar-refractivity contribution in [3.63, 3.8) is 0 Å². The molecule has 7 heteroatoms. The van der Waals surface area contributed by atoms with Gasteiger partial charge in [0.15, 0.2) is 0 Å². The number of hydrogen-bond donors (Lipinski definition) is 1. The molecule has 0 fully saturated rings. The molecule has 1 amide bonds. The number of anilines is 1. The summed E-state index contributed by atoms with van der Waals surface area (Å²) in [7, 11) is 0. The molecule has 2 aromatic rings. The van der Waals surface area contributed by atoms with Gasteiger partial charge in [-0.05, 0) is 41.8 Å². The van der Waals surface area contributed by atoms with Gasteiger partial charge < -0.3 is 10.2 Å². The largest absolute Gasteiger partial charge is 0.416 e. The average Bonchev–Trinajstić information content (AvgIpc) is 2.59. The number of nitrogens with one attached hydrogen (secondary N) is 1. The molecule has 0 aliphatic carbocycles. The van der Waals surface area contributed by atoms with Crippen LogP contribution in [-0.2, 0) is 22.4 Å². The Morgan fingerprint density at radius 1 is 1.08 bits per heavy atom. The molecule has 4 nitrogen and oxygen atoms in total. The van der Waals surface area contributed by atoms with E-state index in [9.17, 15) is 18.0 Å². The number of halogens is 3. The summed E-state index contributed by atoms with van der Waals surface area (Å²) >= 11 is 0. The van der Waals surface area contributed by atoms with Crippen molar-refractivity contribution in [3.05, 3.63) is 65.2 Å². The Morgan fingerprint density at radius 3 is 2.19 bits per heavy atom. The van der Waals surface area contributed by atoms with Crippen molar-refractivity contribution in [1.82, 2.24) is 0 Å². The zero-order valence-corrected chi connectivity index (χ0v) is 14.4. The summed E-state index contributed by atoms with van der Waals surface area (Å²) < 4.78 is 37.6. The zero-order valence-electron chi connectivity index (χ0n) is 14.4. The van der Waals surface area contributed by atoms with Crippen LogP contribution in [0, 0.1) is 0 Å². The van der Waals surface area contributed by atoms with Gasteiger partial charge in [-0.15, -0.1) is 0 Å². The number of alkyl halides is 3. The smallest absolute Gasteiger partial charge is 0.391 e. The molecule has 0 saturated carbocycles. The molecule has 2 rings (SSSR count). The van der Waals surface area contributed by atoms with Gasteiger partial charge in [-0.25, -0.2) is 0 Å². The molecule has 0 unspecified atom stereocenters. The van der Waals surface area contributed by atoms with Crippen molar-refractivity contribution in [2.24, 2.45) is 5.16 Å². The molecule has 2 aromatic carbocycles. The fourth-order valence-corrected chi connectivity index (χ4v) is 2.25. The first kappa shape index (κ1) is 19.5. The molecular weight excluding hydrogens is 345 g/mol. The van der Waals surface area contributed by atoms with Gasteiger partial charge in [-0.3, -0.25) is 4.79 Å². The summed E-state index contributed by atoms with van der Waals surface area (Å²) in [6.07, 6.45) is -3.73. The number of oxime groups is 1. The first-order chi connectivity index (χ1) is 12.3. The molecular formula is C19H19F3N2O2. The third-order valence-corrected chi connectivity index (χ3v) is 3.56. The van der Waals surface area contributed by atoms with Crippen molar-refractivity contribution in [2.45, 2.75) is 33.1 Å². The summed E-state index contributed by atoms with van der Waals surface area (Å²) in [4.78, 5) is 16.3. The molecule has 138 valence electrons. The molecule has 0 atom stereocenters. The van der Waals surface area contributed by atoms with Crippen LogP contribution in [0.4, 0.5) is 18.9 Å². The predicted molar refractivity (Wildman–Crippen MR) is 93.8 cm³/mol. The highest BCUT2D eigenvalue weighted by atomic mass is 19.4. The number of benzene rings is 2. The Hall–Kier alpha value is -2.83. The molecule has 26 heavy (non-hydrogen) atoms. The molecule has 0 aliphatic heterocycles. The van der Waals surface area contributed by atoms with Gasteiger partial charge in [-0.1, -0.05) is 36.3 Å². The second-order valence-corrected chi connectivity index (χ2v) is 5.62. The topological polar surface area (TPSA) is 50.7 Å². The van der Waals surface area contributed by atoms with Crippen LogP contribution in [0.15, 0.2) is 53.7 Å². The van der Waals surface area contributed by atoms with Crippen LogP contribution in [0.1, 0.15) is 37.0 Å². The average molecular weight is 364 g/mol. The van der Waals surface area contributed by atoms with E-state index >= 15 is 0 Å². The summed E-state index contributed by atoms with van der Waals surface area (Å²) in [6.45, 7) is 3.43. The lowest BCUT2D eigenvalue weighted by Crippen LogP contribution is -2.06. The van der Waals surface area contributed by atoms with Crippen LogP contribution in [-0.4, -0.2) is 11.6 Å². The van der Waals surface area contributed by atoms with Crippen LogP contribution in [0.5, 0.6) is 0 Å². The standard InChI is InChI=1S/C19H19F3N2O2/c1-3-18(15-6-10-17(11-7-15)23-13(2)25)24-26-12-14-4-8-16(9-5-14)19(20,21)22/h4-11H,3,12H2,1-2H3,(H,23,25)/b24-18+. The fourth-order valence-electron chi connectivity index (χ4n) is 2.25. The van der Waals surface area contributed by atoms with Gasteiger partial charge in [0.1, 0.15) is 6.61 Å². The summed E-state index contributed by atoms with van der Waals surface area (Å²) in [5.41, 5.74) is 2.12. The van der Waals surface area contributed by atoms with E-state index in [4.69, 9.17) is 4.84 Å².